The lowest BCUT2D eigenvalue weighted by Gasteiger charge is -2.20. The molecule has 0 spiro atoms. The Morgan fingerprint density at radius 3 is 2.89 bits per heavy atom. The first kappa shape index (κ1) is 14.7. The molecular weight excluding hydrogens is 286 g/mol. The van der Waals surface area contributed by atoms with Crippen molar-refractivity contribution >= 4 is 21.6 Å². The van der Waals surface area contributed by atoms with Crippen LogP contribution in [0.4, 0.5) is 0 Å². The van der Waals surface area contributed by atoms with Crippen LogP contribution in [0.15, 0.2) is 23.2 Å². The van der Waals surface area contributed by atoms with Gasteiger partial charge in [0, 0.05) is 26.3 Å². The molecule has 0 radical (unpaired) electrons. The van der Waals surface area contributed by atoms with Crippen LogP contribution >= 0.6 is 11.6 Å². The van der Waals surface area contributed by atoms with Gasteiger partial charge in [0.1, 0.15) is 5.15 Å². The van der Waals surface area contributed by atoms with Crippen molar-refractivity contribution in [2.75, 3.05) is 33.7 Å². The predicted octanol–water partition coefficient (Wildman–Crippen LogP) is 1.31. The van der Waals surface area contributed by atoms with Gasteiger partial charge in [-0.15, -0.1) is 0 Å². The second-order valence-corrected chi connectivity index (χ2v) is 7.45. The summed E-state index contributed by atoms with van der Waals surface area (Å²) in [6, 6.07) is 2.85. The lowest BCUT2D eigenvalue weighted by Crippen LogP contribution is -2.32. The molecule has 0 bridgehead atoms. The highest BCUT2D eigenvalue weighted by atomic mass is 35.5. The Morgan fingerprint density at radius 2 is 2.32 bits per heavy atom. The van der Waals surface area contributed by atoms with Crippen LogP contribution in [0.25, 0.3) is 0 Å². The molecule has 1 unspecified atom stereocenters. The third-order valence-electron chi connectivity index (χ3n) is 3.41. The summed E-state index contributed by atoms with van der Waals surface area (Å²) < 4.78 is 26.2. The number of sulfonamides is 1. The van der Waals surface area contributed by atoms with Gasteiger partial charge in [0.15, 0.2) is 0 Å². The van der Waals surface area contributed by atoms with Gasteiger partial charge in [-0.2, -0.15) is 0 Å². The van der Waals surface area contributed by atoms with Crippen molar-refractivity contribution in [2.24, 2.45) is 5.92 Å². The molecule has 1 aliphatic rings. The van der Waals surface area contributed by atoms with E-state index < -0.39 is 10.0 Å². The molecular formula is C12H18ClN3O2S. The molecule has 0 aromatic carbocycles. The van der Waals surface area contributed by atoms with Crippen molar-refractivity contribution in [3.05, 3.63) is 23.5 Å². The Bertz CT molecular complexity index is 550. The zero-order chi connectivity index (χ0) is 14.0. The van der Waals surface area contributed by atoms with Crippen molar-refractivity contribution in [2.45, 2.75) is 11.3 Å². The van der Waals surface area contributed by atoms with Gasteiger partial charge in [0.25, 0.3) is 0 Å². The van der Waals surface area contributed by atoms with Crippen molar-refractivity contribution < 1.29 is 8.42 Å². The van der Waals surface area contributed by atoms with E-state index in [0.29, 0.717) is 12.5 Å². The maximum Gasteiger partial charge on any atom is 0.242 e. The molecule has 7 heteroatoms. The van der Waals surface area contributed by atoms with Gasteiger partial charge in [0.05, 0.1) is 4.90 Å². The van der Waals surface area contributed by atoms with Gasteiger partial charge >= 0.3 is 0 Å². The van der Waals surface area contributed by atoms with E-state index in [-0.39, 0.29) is 10.0 Å². The molecule has 1 fully saturated rings. The lowest BCUT2D eigenvalue weighted by atomic mass is 10.1. The Kier molecular flexibility index (Phi) is 4.45. The van der Waals surface area contributed by atoms with Crippen LogP contribution in [-0.4, -0.2) is 56.3 Å². The summed E-state index contributed by atoms with van der Waals surface area (Å²) in [6.45, 7) is 2.50. The minimum atomic E-state index is -3.48. The summed E-state index contributed by atoms with van der Waals surface area (Å²) in [7, 11) is 0.190. The Hall–Kier alpha value is -0.690. The highest BCUT2D eigenvalue weighted by molar-refractivity contribution is 7.89. The number of rotatable bonds is 4. The smallest absolute Gasteiger partial charge is 0.242 e. The number of pyridine rings is 1. The summed E-state index contributed by atoms with van der Waals surface area (Å²) in [5.74, 6) is 0.391. The van der Waals surface area contributed by atoms with Gasteiger partial charge in [-0.1, -0.05) is 11.6 Å². The van der Waals surface area contributed by atoms with E-state index in [2.05, 4.69) is 16.9 Å². The zero-order valence-corrected chi connectivity index (χ0v) is 12.7. The van der Waals surface area contributed by atoms with E-state index in [1.807, 2.05) is 0 Å². The third-order valence-corrected chi connectivity index (χ3v) is 5.44. The fourth-order valence-corrected chi connectivity index (χ4v) is 3.86. The normalized spacial score (nSPS) is 21.2. The number of aromatic nitrogens is 1. The van der Waals surface area contributed by atoms with E-state index in [1.54, 1.807) is 7.05 Å². The highest BCUT2D eigenvalue weighted by Gasteiger charge is 2.27. The SMILES string of the molecule is CN1CCC(CN(C)S(=O)(=O)c2ccnc(Cl)c2)C1. The van der Waals surface area contributed by atoms with E-state index >= 15 is 0 Å². The van der Waals surface area contributed by atoms with E-state index in [1.165, 1.54) is 22.6 Å². The van der Waals surface area contributed by atoms with Crippen LogP contribution in [-0.2, 0) is 10.0 Å². The first-order valence-electron chi connectivity index (χ1n) is 6.16. The van der Waals surface area contributed by atoms with E-state index in [4.69, 9.17) is 11.6 Å². The largest absolute Gasteiger partial charge is 0.306 e. The van der Waals surface area contributed by atoms with E-state index in [0.717, 1.165) is 19.5 Å². The first-order chi connectivity index (χ1) is 8.89. The minimum absolute atomic E-state index is 0.190. The summed E-state index contributed by atoms with van der Waals surface area (Å²) in [4.78, 5) is 6.21. The maximum atomic E-state index is 12.4. The second-order valence-electron chi connectivity index (χ2n) is 5.02. The predicted molar refractivity (Wildman–Crippen MR) is 74.7 cm³/mol. The second kappa shape index (κ2) is 5.75. The molecule has 19 heavy (non-hydrogen) atoms. The summed E-state index contributed by atoms with van der Waals surface area (Å²) in [5.41, 5.74) is 0. The lowest BCUT2D eigenvalue weighted by molar-refractivity contribution is 0.356. The molecule has 5 nitrogen and oxygen atoms in total. The Labute approximate surface area is 119 Å². The van der Waals surface area contributed by atoms with Crippen LogP contribution in [0.1, 0.15) is 6.42 Å². The molecule has 106 valence electrons. The fraction of sp³-hybridized carbons (Fsp3) is 0.583. The van der Waals surface area contributed by atoms with Crippen molar-refractivity contribution in [1.82, 2.24) is 14.2 Å². The van der Waals surface area contributed by atoms with Crippen LogP contribution in [0.5, 0.6) is 0 Å². The minimum Gasteiger partial charge on any atom is -0.306 e. The van der Waals surface area contributed by atoms with Gasteiger partial charge in [-0.3, -0.25) is 0 Å². The van der Waals surface area contributed by atoms with Gasteiger partial charge in [-0.25, -0.2) is 17.7 Å². The average molecular weight is 304 g/mol. The summed E-state index contributed by atoms with van der Waals surface area (Å²) in [6.07, 6.45) is 2.44. The van der Waals surface area contributed by atoms with Crippen LogP contribution in [0.3, 0.4) is 0 Å². The molecule has 0 saturated carbocycles. The molecule has 1 aromatic rings. The molecule has 2 heterocycles. The van der Waals surface area contributed by atoms with Crippen LogP contribution < -0.4 is 0 Å². The van der Waals surface area contributed by atoms with E-state index in [9.17, 15) is 8.42 Å². The van der Waals surface area contributed by atoms with Crippen molar-refractivity contribution in [3.63, 3.8) is 0 Å². The summed E-state index contributed by atoms with van der Waals surface area (Å²) >= 11 is 5.74. The summed E-state index contributed by atoms with van der Waals surface area (Å²) in [5, 5.41) is 0.190. The molecule has 2 rings (SSSR count). The third kappa shape index (κ3) is 3.45. The van der Waals surface area contributed by atoms with Gasteiger partial charge in [-0.05, 0) is 38.1 Å². The fourth-order valence-electron chi connectivity index (χ4n) is 2.36. The quantitative estimate of drug-likeness (QED) is 0.787. The standard InChI is InChI=1S/C12H18ClN3O2S/c1-15-6-4-10(8-15)9-16(2)19(17,18)11-3-5-14-12(13)7-11/h3,5,7,10H,4,6,8-9H2,1-2H3. The number of hydrogen-bond acceptors (Lipinski definition) is 4. The maximum absolute atomic E-state index is 12.4. The molecule has 0 N–H and O–H groups in total. The number of likely N-dealkylation sites (tertiary alicyclic amines) is 1. The molecule has 1 aliphatic heterocycles. The first-order valence-corrected chi connectivity index (χ1v) is 7.98. The van der Waals surface area contributed by atoms with Crippen LogP contribution in [0.2, 0.25) is 5.15 Å². The van der Waals surface area contributed by atoms with Crippen molar-refractivity contribution in [1.29, 1.82) is 0 Å². The van der Waals surface area contributed by atoms with Gasteiger partial charge in [0.2, 0.25) is 10.0 Å². The molecule has 1 saturated heterocycles. The molecule has 0 aliphatic carbocycles. The molecule has 0 amide bonds. The topological polar surface area (TPSA) is 53.5 Å². The monoisotopic (exact) mass is 303 g/mol. The zero-order valence-electron chi connectivity index (χ0n) is 11.1. The Morgan fingerprint density at radius 1 is 1.58 bits per heavy atom. The molecule has 1 aromatic heterocycles. The highest BCUT2D eigenvalue weighted by Crippen LogP contribution is 2.21. The number of nitrogens with zero attached hydrogens (tertiary/aromatic N) is 3. The Balaban J connectivity index is 2.11. The average Bonchev–Trinajstić information content (AvgIpc) is 2.74. The van der Waals surface area contributed by atoms with Crippen molar-refractivity contribution in [3.8, 4) is 0 Å². The molecule has 1 atom stereocenters. The number of halogens is 1. The number of hydrogen-bond donors (Lipinski definition) is 0. The van der Waals surface area contributed by atoms with Crippen LogP contribution in [0, 0.1) is 5.92 Å². The van der Waals surface area contributed by atoms with Gasteiger partial charge < -0.3 is 4.90 Å².